The number of nitrogens with zero attached hydrogens (tertiary/aromatic N) is 3. The fourth-order valence-corrected chi connectivity index (χ4v) is 1.63. The number of halogens is 2. The van der Waals surface area contributed by atoms with Crippen LogP contribution < -0.4 is 0 Å². The molecule has 94 valence electrons. The lowest BCUT2D eigenvalue weighted by Gasteiger charge is -2.05. The Balaban J connectivity index is 2.42. The molecule has 0 amide bonds. The molecule has 1 heterocycles. The van der Waals surface area contributed by atoms with Crippen molar-refractivity contribution in [2.24, 2.45) is 0 Å². The van der Waals surface area contributed by atoms with Gasteiger partial charge in [-0.05, 0) is 18.6 Å². The van der Waals surface area contributed by atoms with Gasteiger partial charge in [-0.1, -0.05) is 18.2 Å². The second-order valence-corrected chi connectivity index (χ2v) is 3.77. The topological polar surface area (TPSA) is 47.8 Å². The number of aryl methyl sites for hydroxylation is 1. The summed E-state index contributed by atoms with van der Waals surface area (Å²) in [5, 5.41) is 7.35. The fraction of sp³-hybridized carbons (Fsp3) is 0.250. The van der Waals surface area contributed by atoms with Gasteiger partial charge < -0.3 is 0 Å². The maximum Gasteiger partial charge on any atom is 0.215 e. The van der Waals surface area contributed by atoms with Crippen LogP contribution in [0.15, 0.2) is 24.4 Å². The van der Waals surface area contributed by atoms with Gasteiger partial charge in [0.2, 0.25) is 5.78 Å². The smallest absolute Gasteiger partial charge is 0.215 e. The number of rotatable bonds is 4. The summed E-state index contributed by atoms with van der Waals surface area (Å²) in [6.45, 7) is 2.41. The Kier molecular flexibility index (Phi) is 3.45. The summed E-state index contributed by atoms with van der Waals surface area (Å²) in [7, 11) is 0. The van der Waals surface area contributed by atoms with E-state index >= 15 is 0 Å². The molecule has 2 aromatic rings. The van der Waals surface area contributed by atoms with E-state index in [0.29, 0.717) is 6.54 Å². The van der Waals surface area contributed by atoms with E-state index in [1.165, 1.54) is 23.0 Å². The zero-order chi connectivity index (χ0) is 13.1. The van der Waals surface area contributed by atoms with Crippen LogP contribution in [0.4, 0.5) is 8.78 Å². The Morgan fingerprint density at radius 3 is 2.89 bits per heavy atom. The standard InChI is InChI=1S/C12H11F2N3O/c1-2-6-17-10(7-15-16-17)12(18)8-4-3-5-9(13)11(8)14/h3-5,7H,2,6H2,1H3. The highest BCUT2D eigenvalue weighted by Gasteiger charge is 2.20. The normalized spacial score (nSPS) is 10.6. The van der Waals surface area contributed by atoms with Crippen molar-refractivity contribution >= 4 is 5.78 Å². The molecule has 1 aromatic heterocycles. The Hall–Kier alpha value is -2.11. The van der Waals surface area contributed by atoms with Crippen molar-refractivity contribution < 1.29 is 13.6 Å². The first kappa shape index (κ1) is 12.3. The molecular weight excluding hydrogens is 240 g/mol. The van der Waals surface area contributed by atoms with Crippen molar-refractivity contribution in [2.75, 3.05) is 0 Å². The van der Waals surface area contributed by atoms with E-state index in [0.717, 1.165) is 12.5 Å². The van der Waals surface area contributed by atoms with E-state index in [2.05, 4.69) is 10.3 Å². The summed E-state index contributed by atoms with van der Waals surface area (Å²) in [6, 6.07) is 3.50. The van der Waals surface area contributed by atoms with Crippen molar-refractivity contribution in [1.82, 2.24) is 15.0 Å². The van der Waals surface area contributed by atoms with E-state index in [4.69, 9.17) is 0 Å². The van der Waals surface area contributed by atoms with Crippen molar-refractivity contribution in [3.63, 3.8) is 0 Å². The minimum atomic E-state index is -1.15. The average molecular weight is 251 g/mol. The van der Waals surface area contributed by atoms with Crippen LogP contribution in [0, 0.1) is 11.6 Å². The quantitative estimate of drug-likeness (QED) is 0.782. The first-order valence-electron chi connectivity index (χ1n) is 5.52. The maximum atomic E-state index is 13.5. The molecule has 0 N–H and O–H groups in total. The van der Waals surface area contributed by atoms with Crippen molar-refractivity contribution in [3.8, 4) is 0 Å². The second kappa shape index (κ2) is 5.03. The zero-order valence-corrected chi connectivity index (χ0v) is 9.73. The second-order valence-electron chi connectivity index (χ2n) is 3.77. The molecule has 6 heteroatoms. The van der Waals surface area contributed by atoms with Gasteiger partial charge in [-0.15, -0.1) is 5.10 Å². The van der Waals surface area contributed by atoms with Crippen molar-refractivity contribution in [1.29, 1.82) is 0 Å². The van der Waals surface area contributed by atoms with E-state index < -0.39 is 17.4 Å². The largest absolute Gasteiger partial charge is 0.287 e. The number of aromatic nitrogens is 3. The molecule has 0 atom stereocenters. The number of benzene rings is 1. The van der Waals surface area contributed by atoms with Gasteiger partial charge in [0, 0.05) is 6.54 Å². The first-order valence-corrected chi connectivity index (χ1v) is 5.52. The molecule has 0 aliphatic heterocycles. The van der Waals surface area contributed by atoms with E-state index in [1.54, 1.807) is 0 Å². The number of ketones is 1. The molecule has 1 aromatic carbocycles. The van der Waals surface area contributed by atoms with E-state index in [9.17, 15) is 13.6 Å². The third-order valence-electron chi connectivity index (χ3n) is 2.48. The van der Waals surface area contributed by atoms with Gasteiger partial charge in [0.05, 0.1) is 11.8 Å². The molecule has 0 saturated carbocycles. The SMILES string of the molecule is CCCn1nncc1C(=O)c1cccc(F)c1F. The van der Waals surface area contributed by atoms with Gasteiger partial charge in [-0.2, -0.15) is 0 Å². The minimum absolute atomic E-state index is 0.154. The molecule has 0 fully saturated rings. The Labute approximate surface area is 102 Å². The Morgan fingerprint density at radius 1 is 1.39 bits per heavy atom. The zero-order valence-electron chi connectivity index (χ0n) is 9.73. The first-order chi connectivity index (χ1) is 8.65. The van der Waals surface area contributed by atoms with E-state index in [-0.39, 0.29) is 11.3 Å². The molecular formula is C12H11F2N3O. The average Bonchev–Trinajstić information content (AvgIpc) is 2.80. The predicted molar refractivity (Wildman–Crippen MR) is 60.1 cm³/mol. The number of hydrogen-bond donors (Lipinski definition) is 0. The summed E-state index contributed by atoms with van der Waals surface area (Å²) >= 11 is 0. The molecule has 0 bridgehead atoms. The maximum absolute atomic E-state index is 13.5. The monoisotopic (exact) mass is 251 g/mol. The molecule has 0 aliphatic carbocycles. The molecule has 18 heavy (non-hydrogen) atoms. The van der Waals surface area contributed by atoms with Crippen LogP contribution in [0.3, 0.4) is 0 Å². The van der Waals surface area contributed by atoms with Crippen LogP contribution in [0.1, 0.15) is 29.4 Å². The highest BCUT2D eigenvalue weighted by Crippen LogP contribution is 2.15. The van der Waals surface area contributed by atoms with Crippen LogP contribution >= 0.6 is 0 Å². The highest BCUT2D eigenvalue weighted by atomic mass is 19.2. The highest BCUT2D eigenvalue weighted by molar-refractivity contribution is 6.07. The van der Waals surface area contributed by atoms with Gasteiger partial charge in [-0.25, -0.2) is 13.5 Å². The lowest BCUT2D eigenvalue weighted by Crippen LogP contribution is -2.13. The molecule has 4 nitrogen and oxygen atoms in total. The predicted octanol–water partition coefficient (Wildman–Crippen LogP) is 2.20. The number of hydrogen-bond acceptors (Lipinski definition) is 3. The van der Waals surface area contributed by atoms with Crippen LogP contribution in [-0.4, -0.2) is 20.8 Å². The molecule has 0 saturated heterocycles. The van der Waals surface area contributed by atoms with Gasteiger partial charge >= 0.3 is 0 Å². The third kappa shape index (κ3) is 2.13. The van der Waals surface area contributed by atoms with Crippen LogP contribution in [0.2, 0.25) is 0 Å². The van der Waals surface area contributed by atoms with Crippen LogP contribution in [-0.2, 0) is 6.54 Å². The Bertz CT molecular complexity index is 580. The summed E-state index contributed by atoms with van der Waals surface area (Å²) in [5.41, 5.74) is -0.156. The Morgan fingerprint density at radius 2 is 2.17 bits per heavy atom. The van der Waals surface area contributed by atoms with E-state index in [1.807, 2.05) is 6.92 Å². The van der Waals surface area contributed by atoms with Crippen LogP contribution in [0.25, 0.3) is 0 Å². The lowest BCUT2D eigenvalue weighted by atomic mass is 10.1. The van der Waals surface area contributed by atoms with Crippen molar-refractivity contribution in [3.05, 3.63) is 47.3 Å². The summed E-state index contributed by atoms with van der Waals surface area (Å²) in [4.78, 5) is 12.1. The van der Waals surface area contributed by atoms with Gasteiger partial charge in [0.25, 0.3) is 0 Å². The van der Waals surface area contributed by atoms with Gasteiger partial charge in [0.1, 0.15) is 5.69 Å². The minimum Gasteiger partial charge on any atom is -0.287 e. The van der Waals surface area contributed by atoms with Gasteiger partial charge in [-0.3, -0.25) is 4.79 Å². The molecule has 0 unspecified atom stereocenters. The fourth-order valence-electron chi connectivity index (χ4n) is 1.63. The molecule has 2 rings (SSSR count). The summed E-state index contributed by atoms with van der Waals surface area (Å²) in [6.07, 6.45) is 2.01. The number of carbonyl (C=O) groups is 1. The summed E-state index contributed by atoms with van der Waals surface area (Å²) in [5.74, 6) is -2.81. The van der Waals surface area contributed by atoms with Gasteiger partial charge in [0.15, 0.2) is 11.6 Å². The number of carbonyl (C=O) groups excluding carboxylic acids is 1. The third-order valence-corrected chi connectivity index (χ3v) is 2.48. The molecule has 0 spiro atoms. The lowest BCUT2D eigenvalue weighted by molar-refractivity contribution is 0.102. The molecule has 0 aliphatic rings. The van der Waals surface area contributed by atoms with Crippen molar-refractivity contribution in [2.45, 2.75) is 19.9 Å². The molecule has 0 radical (unpaired) electrons. The van der Waals surface area contributed by atoms with Crippen LogP contribution in [0.5, 0.6) is 0 Å². The summed E-state index contributed by atoms with van der Waals surface area (Å²) < 4.78 is 28.0.